The number of hydrogen-bond donors (Lipinski definition) is 0. The minimum Gasteiger partial charge on any atom is -0.295 e. The zero-order valence-corrected chi connectivity index (χ0v) is 11.5. The predicted molar refractivity (Wildman–Crippen MR) is 75.3 cm³/mol. The smallest absolute Gasteiger partial charge is 0.129 e. The van der Waals surface area contributed by atoms with Crippen molar-refractivity contribution in [3.8, 4) is 5.69 Å². The largest absolute Gasteiger partial charge is 0.295 e. The maximum absolute atomic E-state index is 13.5. The number of halogens is 3. The van der Waals surface area contributed by atoms with E-state index in [2.05, 4.69) is 4.98 Å². The molecule has 0 saturated heterocycles. The number of hydrogen-bond acceptors (Lipinski definition) is 1. The first kappa shape index (κ1) is 13.1. The van der Waals surface area contributed by atoms with Crippen molar-refractivity contribution in [3.63, 3.8) is 0 Å². The minimum absolute atomic E-state index is 0.159. The van der Waals surface area contributed by atoms with E-state index in [4.69, 9.17) is 11.6 Å². The van der Waals surface area contributed by atoms with Crippen molar-refractivity contribution < 1.29 is 8.78 Å². The maximum Gasteiger partial charge on any atom is 0.129 e. The van der Waals surface area contributed by atoms with Crippen LogP contribution >= 0.6 is 11.6 Å². The molecule has 0 amide bonds. The fourth-order valence-electron chi connectivity index (χ4n) is 2.29. The fraction of sp³-hybridized carbons (Fsp3) is 0.133. The Hall–Kier alpha value is -1.94. The molecule has 0 spiro atoms. The quantitative estimate of drug-likeness (QED) is 0.642. The molecule has 1 heterocycles. The Morgan fingerprint density at radius 1 is 1.10 bits per heavy atom. The Balaban J connectivity index is 2.37. The number of alkyl halides is 1. The van der Waals surface area contributed by atoms with Gasteiger partial charge in [-0.25, -0.2) is 13.8 Å². The Kier molecular flexibility index (Phi) is 3.18. The Labute approximate surface area is 119 Å². The van der Waals surface area contributed by atoms with Crippen LogP contribution in [0.15, 0.2) is 36.4 Å². The first-order valence-electron chi connectivity index (χ1n) is 6.09. The first-order valence-corrected chi connectivity index (χ1v) is 6.63. The van der Waals surface area contributed by atoms with Gasteiger partial charge in [0, 0.05) is 6.07 Å². The van der Waals surface area contributed by atoms with Gasteiger partial charge in [0.15, 0.2) is 0 Å². The van der Waals surface area contributed by atoms with Gasteiger partial charge in [0.25, 0.3) is 0 Å². The number of aryl methyl sites for hydroxylation is 1. The van der Waals surface area contributed by atoms with Crippen molar-refractivity contribution in [3.05, 3.63) is 59.4 Å². The number of nitrogens with zero attached hydrogens (tertiary/aromatic N) is 2. The van der Waals surface area contributed by atoms with Crippen molar-refractivity contribution >= 4 is 22.6 Å². The van der Waals surface area contributed by atoms with Crippen molar-refractivity contribution in [2.24, 2.45) is 0 Å². The van der Waals surface area contributed by atoms with Gasteiger partial charge in [-0.15, -0.1) is 11.6 Å². The van der Waals surface area contributed by atoms with Crippen LogP contribution in [-0.4, -0.2) is 9.55 Å². The highest BCUT2D eigenvalue weighted by Crippen LogP contribution is 2.26. The van der Waals surface area contributed by atoms with E-state index < -0.39 is 0 Å². The third-order valence-electron chi connectivity index (χ3n) is 3.22. The number of rotatable bonds is 2. The average molecular weight is 293 g/mol. The molecular weight excluding hydrogens is 282 g/mol. The van der Waals surface area contributed by atoms with Gasteiger partial charge in [-0.1, -0.05) is 6.07 Å². The summed E-state index contributed by atoms with van der Waals surface area (Å²) in [5.74, 6) is 0.0157. The summed E-state index contributed by atoms with van der Waals surface area (Å²) in [6, 6.07) is 8.84. The molecule has 0 radical (unpaired) electrons. The molecule has 0 bridgehead atoms. The molecule has 0 N–H and O–H groups in total. The monoisotopic (exact) mass is 292 g/mol. The number of benzene rings is 2. The summed E-state index contributed by atoms with van der Waals surface area (Å²) in [7, 11) is 0. The van der Waals surface area contributed by atoms with E-state index in [-0.39, 0.29) is 17.5 Å². The van der Waals surface area contributed by atoms with Gasteiger partial charge in [0.05, 0.1) is 22.6 Å². The molecule has 0 unspecified atom stereocenters. The normalized spacial score (nSPS) is 11.2. The molecule has 0 atom stereocenters. The second-order valence-electron chi connectivity index (χ2n) is 4.56. The zero-order chi connectivity index (χ0) is 14.3. The van der Waals surface area contributed by atoms with Gasteiger partial charge in [-0.3, -0.25) is 4.57 Å². The van der Waals surface area contributed by atoms with Gasteiger partial charge in [-0.05, 0) is 36.8 Å². The van der Waals surface area contributed by atoms with Gasteiger partial charge < -0.3 is 0 Å². The summed E-state index contributed by atoms with van der Waals surface area (Å²) in [5, 5.41) is 0. The zero-order valence-electron chi connectivity index (χ0n) is 10.7. The lowest BCUT2D eigenvalue weighted by Gasteiger charge is -2.11. The van der Waals surface area contributed by atoms with Crippen LogP contribution in [0, 0.1) is 18.6 Å². The number of imidazole rings is 1. The molecular formula is C15H11ClF2N2. The van der Waals surface area contributed by atoms with E-state index in [0.717, 1.165) is 5.56 Å². The Bertz CT molecular complexity index is 796. The van der Waals surface area contributed by atoms with Crippen LogP contribution in [0.3, 0.4) is 0 Å². The minimum atomic E-state index is -0.362. The van der Waals surface area contributed by atoms with Gasteiger partial charge in [0.1, 0.15) is 17.5 Å². The molecule has 3 aromatic rings. The molecule has 3 rings (SSSR count). The Morgan fingerprint density at radius 3 is 2.55 bits per heavy atom. The maximum atomic E-state index is 13.5. The van der Waals surface area contributed by atoms with Crippen LogP contribution in [0.4, 0.5) is 8.78 Å². The molecule has 0 saturated carbocycles. The molecule has 0 aliphatic rings. The summed E-state index contributed by atoms with van der Waals surface area (Å²) in [6.07, 6.45) is 0. The van der Waals surface area contributed by atoms with E-state index in [0.29, 0.717) is 22.5 Å². The summed E-state index contributed by atoms with van der Waals surface area (Å²) in [6.45, 7) is 1.88. The molecule has 0 aliphatic carbocycles. The lowest BCUT2D eigenvalue weighted by molar-refractivity contribution is 0.625. The van der Waals surface area contributed by atoms with E-state index in [1.807, 2.05) is 6.92 Å². The lowest BCUT2D eigenvalue weighted by atomic mass is 10.2. The van der Waals surface area contributed by atoms with E-state index >= 15 is 0 Å². The van der Waals surface area contributed by atoms with Crippen LogP contribution < -0.4 is 0 Å². The van der Waals surface area contributed by atoms with Crippen LogP contribution in [0.1, 0.15) is 11.4 Å². The number of fused-ring (bicyclic) bond motifs is 1. The van der Waals surface area contributed by atoms with Gasteiger partial charge in [-0.2, -0.15) is 0 Å². The van der Waals surface area contributed by atoms with Crippen molar-refractivity contribution in [1.82, 2.24) is 9.55 Å². The molecule has 0 fully saturated rings. The molecule has 5 heteroatoms. The highest BCUT2D eigenvalue weighted by molar-refractivity contribution is 6.17. The molecule has 1 aromatic heterocycles. The second-order valence-corrected chi connectivity index (χ2v) is 4.83. The molecule has 2 nitrogen and oxygen atoms in total. The van der Waals surface area contributed by atoms with Crippen LogP contribution in [-0.2, 0) is 5.88 Å². The highest BCUT2D eigenvalue weighted by atomic mass is 35.5. The van der Waals surface area contributed by atoms with Gasteiger partial charge in [0.2, 0.25) is 0 Å². The topological polar surface area (TPSA) is 17.8 Å². The van der Waals surface area contributed by atoms with Crippen molar-refractivity contribution in [2.75, 3.05) is 0 Å². The lowest BCUT2D eigenvalue weighted by Crippen LogP contribution is -2.02. The van der Waals surface area contributed by atoms with Crippen LogP contribution in [0.25, 0.3) is 16.7 Å². The van der Waals surface area contributed by atoms with Crippen LogP contribution in [0.2, 0.25) is 0 Å². The molecule has 2 aromatic carbocycles. The molecule has 102 valence electrons. The standard InChI is InChI=1S/C15H11ClF2N2/c1-9-2-3-11(18)7-14(9)20-13-5-4-10(17)6-12(13)19-15(20)8-16/h2-7H,8H2,1H3. The third-order valence-corrected chi connectivity index (χ3v) is 3.46. The van der Waals surface area contributed by atoms with Crippen molar-refractivity contribution in [1.29, 1.82) is 0 Å². The average Bonchev–Trinajstić information content (AvgIpc) is 2.78. The van der Waals surface area contributed by atoms with Crippen LogP contribution in [0.5, 0.6) is 0 Å². The van der Waals surface area contributed by atoms with Gasteiger partial charge >= 0.3 is 0 Å². The van der Waals surface area contributed by atoms with E-state index in [1.165, 1.54) is 24.3 Å². The van der Waals surface area contributed by atoms with E-state index in [1.54, 1.807) is 16.7 Å². The second kappa shape index (κ2) is 4.87. The predicted octanol–water partition coefficient (Wildman–Crippen LogP) is 4.35. The summed E-state index contributed by atoms with van der Waals surface area (Å²) < 4.78 is 28.6. The van der Waals surface area contributed by atoms with E-state index in [9.17, 15) is 8.78 Å². The highest BCUT2D eigenvalue weighted by Gasteiger charge is 2.14. The fourth-order valence-corrected chi connectivity index (χ4v) is 2.46. The first-order chi connectivity index (χ1) is 9.60. The summed E-state index contributed by atoms with van der Waals surface area (Å²) >= 11 is 5.91. The third kappa shape index (κ3) is 2.06. The summed E-state index contributed by atoms with van der Waals surface area (Å²) in [5.41, 5.74) is 2.76. The SMILES string of the molecule is Cc1ccc(F)cc1-n1c(CCl)nc2cc(F)ccc21. The van der Waals surface area contributed by atoms with Crippen molar-refractivity contribution in [2.45, 2.75) is 12.8 Å². The number of aromatic nitrogens is 2. The summed E-state index contributed by atoms with van der Waals surface area (Å²) in [4.78, 5) is 4.31. The molecule has 0 aliphatic heterocycles. The Morgan fingerprint density at radius 2 is 1.80 bits per heavy atom. The molecule has 20 heavy (non-hydrogen) atoms.